The number of H-pyrrole nitrogens is 1. The van der Waals surface area contributed by atoms with Gasteiger partial charge in [0.1, 0.15) is 5.75 Å². The Labute approximate surface area is 182 Å². The average Bonchev–Trinajstić information content (AvgIpc) is 3.23. The molecule has 1 aromatic heterocycles. The van der Waals surface area contributed by atoms with Crippen LogP contribution in [0.15, 0.2) is 79.0 Å². The number of amides is 1. The van der Waals surface area contributed by atoms with Crippen LogP contribution in [0.2, 0.25) is 0 Å². The molecule has 0 aliphatic rings. The second-order valence-corrected chi connectivity index (χ2v) is 7.74. The first kappa shape index (κ1) is 20.5. The van der Waals surface area contributed by atoms with Crippen LogP contribution in [-0.2, 0) is 0 Å². The molecular formula is C26H27N3O2. The zero-order valence-corrected chi connectivity index (χ0v) is 18.1. The van der Waals surface area contributed by atoms with Crippen molar-refractivity contribution in [3.05, 3.63) is 95.7 Å². The second kappa shape index (κ2) is 8.96. The molecular weight excluding hydrogens is 386 g/mol. The number of nitrogens with one attached hydrogen (secondary N) is 2. The minimum Gasteiger partial charge on any atom is -0.496 e. The number of nitrogens with zero attached hydrogens (tertiary/aromatic N) is 1. The van der Waals surface area contributed by atoms with E-state index in [0.717, 1.165) is 27.7 Å². The number of hydrogen-bond donors (Lipinski definition) is 2. The molecule has 0 saturated carbocycles. The number of para-hydroxylation sites is 2. The lowest BCUT2D eigenvalue weighted by atomic mass is 9.90. The molecule has 0 unspecified atom stereocenters. The molecule has 5 nitrogen and oxygen atoms in total. The summed E-state index contributed by atoms with van der Waals surface area (Å²) in [6.07, 6.45) is 2.05. The fourth-order valence-electron chi connectivity index (χ4n) is 3.92. The minimum absolute atomic E-state index is 0.00557. The van der Waals surface area contributed by atoms with Gasteiger partial charge in [-0.05, 0) is 41.5 Å². The van der Waals surface area contributed by atoms with E-state index in [-0.39, 0.29) is 11.8 Å². The summed E-state index contributed by atoms with van der Waals surface area (Å²) in [6.45, 7) is 0.472. The smallest absolute Gasteiger partial charge is 0.255 e. The van der Waals surface area contributed by atoms with Crippen molar-refractivity contribution in [3.63, 3.8) is 0 Å². The van der Waals surface area contributed by atoms with Crippen molar-refractivity contribution >= 4 is 22.5 Å². The molecule has 3 aromatic carbocycles. The van der Waals surface area contributed by atoms with Crippen molar-refractivity contribution in [3.8, 4) is 5.75 Å². The van der Waals surface area contributed by atoms with Crippen molar-refractivity contribution in [2.75, 3.05) is 32.6 Å². The van der Waals surface area contributed by atoms with Crippen molar-refractivity contribution in [1.29, 1.82) is 0 Å². The highest BCUT2D eigenvalue weighted by Crippen LogP contribution is 2.31. The van der Waals surface area contributed by atoms with Crippen molar-refractivity contribution in [2.45, 2.75) is 5.92 Å². The van der Waals surface area contributed by atoms with E-state index in [0.29, 0.717) is 17.9 Å². The lowest BCUT2D eigenvalue weighted by molar-refractivity contribution is 0.0949. The summed E-state index contributed by atoms with van der Waals surface area (Å²) in [5.41, 5.74) is 5.07. The van der Waals surface area contributed by atoms with Crippen molar-refractivity contribution in [1.82, 2.24) is 10.3 Å². The molecule has 0 bridgehead atoms. The van der Waals surface area contributed by atoms with Crippen molar-refractivity contribution < 1.29 is 9.53 Å². The maximum atomic E-state index is 12.9. The Morgan fingerprint density at radius 2 is 1.71 bits per heavy atom. The van der Waals surface area contributed by atoms with E-state index in [9.17, 15) is 4.79 Å². The number of fused-ring (bicyclic) bond motifs is 1. The Balaban J connectivity index is 1.66. The molecule has 31 heavy (non-hydrogen) atoms. The van der Waals surface area contributed by atoms with Gasteiger partial charge in [-0.2, -0.15) is 0 Å². The van der Waals surface area contributed by atoms with E-state index in [1.165, 1.54) is 0 Å². The van der Waals surface area contributed by atoms with Gasteiger partial charge in [0.2, 0.25) is 0 Å². The zero-order chi connectivity index (χ0) is 21.8. The predicted molar refractivity (Wildman–Crippen MR) is 126 cm³/mol. The molecule has 5 heteroatoms. The number of carbonyl (C=O) groups is 1. The van der Waals surface area contributed by atoms with Crippen LogP contribution >= 0.6 is 0 Å². The van der Waals surface area contributed by atoms with Crippen LogP contribution in [0.1, 0.15) is 27.4 Å². The lowest BCUT2D eigenvalue weighted by Gasteiger charge is -2.20. The van der Waals surface area contributed by atoms with E-state index in [1.807, 2.05) is 44.6 Å². The lowest BCUT2D eigenvalue weighted by Crippen LogP contribution is -2.29. The molecule has 4 aromatic rings. The molecule has 0 fully saturated rings. The summed E-state index contributed by atoms with van der Waals surface area (Å²) in [4.78, 5) is 18.4. The first-order chi connectivity index (χ1) is 15.1. The molecule has 0 aliphatic heterocycles. The van der Waals surface area contributed by atoms with E-state index in [2.05, 4.69) is 51.6 Å². The fourth-order valence-corrected chi connectivity index (χ4v) is 3.92. The molecule has 2 N–H and O–H groups in total. The molecule has 0 spiro atoms. The Morgan fingerprint density at radius 3 is 2.45 bits per heavy atom. The maximum Gasteiger partial charge on any atom is 0.255 e. The predicted octanol–water partition coefficient (Wildman–Crippen LogP) is 4.80. The van der Waals surface area contributed by atoms with Gasteiger partial charge in [-0.25, -0.2) is 0 Å². The molecule has 4 rings (SSSR count). The molecule has 1 amide bonds. The summed E-state index contributed by atoms with van der Waals surface area (Å²) in [6, 6.07) is 24.0. The summed E-state index contributed by atoms with van der Waals surface area (Å²) in [7, 11) is 5.63. The van der Waals surface area contributed by atoms with E-state index in [1.54, 1.807) is 19.2 Å². The summed E-state index contributed by atoms with van der Waals surface area (Å²) in [5.74, 6) is 0.428. The number of benzene rings is 3. The third-order valence-electron chi connectivity index (χ3n) is 5.63. The highest BCUT2D eigenvalue weighted by atomic mass is 16.5. The topological polar surface area (TPSA) is 57.4 Å². The van der Waals surface area contributed by atoms with Gasteiger partial charge in [0.25, 0.3) is 5.91 Å². The Kier molecular flexibility index (Phi) is 5.94. The third kappa shape index (κ3) is 4.26. The van der Waals surface area contributed by atoms with E-state index in [4.69, 9.17) is 4.74 Å². The second-order valence-electron chi connectivity index (χ2n) is 7.74. The fraction of sp³-hybridized carbons (Fsp3) is 0.192. The van der Waals surface area contributed by atoms with Gasteiger partial charge in [-0.1, -0.05) is 42.5 Å². The van der Waals surface area contributed by atoms with Gasteiger partial charge < -0.3 is 19.9 Å². The van der Waals surface area contributed by atoms with E-state index >= 15 is 0 Å². The van der Waals surface area contributed by atoms with E-state index < -0.39 is 0 Å². The van der Waals surface area contributed by atoms with Gasteiger partial charge in [0, 0.05) is 49.3 Å². The minimum atomic E-state index is -0.146. The number of aromatic amines is 1. The normalized spacial score (nSPS) is 11.8. The molecule has 1 heterocycles. The highest BCUT2D eigenvalue weighted by Gasteiger charge is 2.20. The van der Waals surface area contributed by atoms with Crippen LogP contribution in [0.4, 0.5) is 5.69 Å². The van der Waals surface area contributed by atoms with Crippen LogP contribution in [0.3, 0.4) is 0 Å². The van der Waals surface area contributed by atoms with Gasteiger partial charge in [0.05, 0.1) is 12.7 Å². The SMILES string of the molecule is COc1ccccc1C(=O)NC[C@H](c1ccc(N(C)C)cc1)c1c[nH]c2ccccc12. The van der Waals surface area contributed by atoms with Crippen LogP contribution in [-0.4, -0.2) is 38.6 Å². The van der Waals surface area contributed by atoms with Gasteiger partial charge in [-0.3, -0.25) is 4.79 Å². The number of carbonyl (C=O) groups excluding carboxylic acids is 1. The largest absolute Gasteiger partial charge is 0.496 e. The third-order valence-corrected chi connectivity index (χ3v) is 5.63. The quantitative estimate of drug-likeness (QED) is 0.457. The monoisotopic (exact) mass is 413 g/mol. The number of ether oxygens (including phenoxy) is 1. The Bertz CT molecular complexity index is 1180. The number of anilines is 1. The number of aromatic nitrogens is 1. The zero-order valence-electron chi connectivity index (χ0n) is 18.1. The van der Waals surface area contributed by atoms with Crippen molar-refractivity contribution in [2.24, 2.45) is 0 Å². The van der Waals surface area contributed by atoms with Gasteiger partial charge in [0.15, 0.2) is 0 Å². The molecule has 0 aliphatic carbocycles. The highest BCUT2D eigenvalue weighted by molar-refractivity contribution is 5.97. The van der Waals surface area contributed by atoms with Crippen LogP contribution in [0.25, 0.3) is 10.9 Å². The summed E-state index contributed by atoms with van der Waals surface area (Å²) < 4.78 is 5.35. The number of hydrogen-bond acceptors (Lipinski definition) is 3. The summed E-state index contributed by atoms with van der Waals surface area (Å²) in [5, 5.41) is 4.28. The van der Waals surface area contributed by atoms with Gasteiger partial charge in [-0.15, -0.1) is 0 Å². The Hall–Kier alpha value is -3.73. The molecule has 0 radical (unpaired) electrons. The Morgan fingerprint density at radius 1 is 1.00 bits per heavy atom. The van der Waals surface area contributed by atoms with Gasteiger partial charge >= 0.3 is 0 Å². The molecule has 0 saturated heterocycles. The maximum absolute atomic E-state index is 12.9. The first-order valence-electron chi connectivity index (χ1n) is 10.3. The number of methoxy groups -OCH3 is 1. The molecule has 1 atom stereocenters. The first-order valence-corrected chi connectivity index (χ1v) is 10.3. The standard InChI is InChI=1S/C26H27N3O2/c1-29(2)19-14-12-18(13-15-19)22(23-17-27-24-10-6-4-8-20(23)24)16-28-26(30)21-9-5-7-11-25(21)31-3/h4-15,17,22,27H,16H2,1-3H3,(H,28,30)/t22-/m1/s1. The van der Waals surface area contributed by atoms with Crippen LogP contribution < -0.4 is 15.0 Å². The molecule has 158 valence electrons. The number of rotatable bonds is 7. The average molecular weight is 414 g/mol. The van der Waals surface area contributed by atoms with Crippen LogP contribution in [0.5, 0.6) is 5.75 Å². The summed E-state index contributed by atoms with van der Waals surface area (Å²) >= 11 is 0. The van der Waals surface area contributed by atoms with Crippen LogP contribution in [0, 0.1) is 0 Å².